The van der Waals surface area contributed by atoms with Gasteiger partial charge in [0.25, 0.3) is 0 Å². The molecule has 3 rings (SSSR count). The molecular formula is C17H15N3OS2. The number of nitrogens with zero attached hydrogens (tertiary/aromatic N) is 2. The smallest absolute Gasteiger partial charge is 0.239 e. The molecule has 2 heterocycles. The van der Waals surface area contributed by atoms with E-state index in [9.17, 15) is 4.79 Å². The van der Waals surface area contributed by atoms with Crippen LogP contribution in [0, 0.1) is 0 Å². The Morgan fingerprint density at radius 1 is 1.22 bits per heavy atom. The van der Waals surface area contributed by atoms with Gasteiger partial charge in [0.2, 0.25) is 5.91 Å². The van der Waals surface area contributed by atoms with Gasteiger partial charge in [-0.25, -0.2) is 4.98 Å². The lowest BCUT2D eigenvalue weighted by Gasteiger charge is -2.10. The fourth-order valence-electron chi connectivity index (χ4n) is 1.94. The largest absolute Gasteiger partial charge is 0.301 e. The lowest BCUT2D eigenvalue weighted by Crippen LogP contribution is -2.22. The van der Waals surface area contributed by atoms with Crippen LogP contribution in [-0.2, 0) is 4.79 Å². The van der Waals surface area contributed by atoms with Gasteiger partial charge in [0, 0.05) is 28.2 Å². The van der Waals surface area contributed by atoms with Crippen molar-refractivity contribution in [1.29, 1.82) is 0 Å². The van der Waals surface area contributed by atoms with Gasteiger partial charge in [-0.3, -0.25) is 9.78 Å². The Morgan fingerprint density at radius 2 is 2.04 bits per heavy atom. The fourth-order valence-corrected chi connectivity index (χ4v) is 3.55. The Balaban J connectivity index is 1.63. The Hall–Kier alpha value is -2.18. The molecule has 0 spiro atoms. The zero-order valence-corrected chi connectivity index (χ0v) is 14.1. The lowest BCUT2D eigenvalue weighted by atomic mass is 10.2. The van der Waals surface area contributed by atoms with Gasteiger partial charge in [0.1, 0.15) is 0 Å². The zero-order chi connectivity index (χ0) is 16.1. The number of hydrogen-bond donors (Lipinski definition) is 1. The third-order valence-corrected chi connectivity index (χ3v) is 4.99. The van der Waals surface area contributed by atoms with E-state index in [4.69, 9.17) is 0 Å². The predicted octanol–water partition coefficient (Wildman–Crippen LogP) is 4.32. The first-order valence-corrected chi connectivity index (χ1v) is 8.87. The van der Waals surface area contributed by atoms with Gasteiger partial charge >= 0.3 is 0 Å². The van der Waals surface area contributed by atoms with Crippen molar-refractivity contribution in [2.75, 3.05) is 5.32 Å². The minimum absolute atomic E-state index is 0.0501. The standard InChI is InChI=1S/C17H15N3OS2/c1-12(23-14-7-3-2-4-8-14)16(21)20-17-19-15(11-22-17)13-6-5-9-18-10-13/h2-12H,1H3,(H,19,20,21). The molecule has 1 atom stereocenters. The monoisotopic (exact) mass is 341 g/mol. The van der Waals surface area contributed by atoms with Crippen molar-refractivity contribution in [3.05, 3.63) is 60.2 Å². The van der Waals surface area contributed by atoms with Crippen molar-refractivity contribution in [1.82, 2.24) is 9.97 Å². The molecule has 0 aliphatic carbocycles. The van der Waals surface area contributed by atoms with Crippen molar-refractivity contribution < 1.29 is 4.79 Å². The minimum Gasteiger partial charge on any atom is -0.301 e. The second kappa shape index (κ2) is 7.39. The number of amides is 1. The average molecular weight is 341 g/mol. The molecule has 3 aromatic rings. The van der Waals surface area contributed by atoms with Crippen LogP contribution in [0.5, 0.6) is 0 Å². The number of carbonyl (C=O) groups is 1. The van der Waals surface area contributed by atoms with E-state index in [1.807, 2.05) is 54.8 Å². The second-order valence-corrected chi connectivity index (χ2v) is 7.11. The van der Waals surface area contributed by atoms with Crippen LogP contribution in [0.3, 0.4) is 0 Å². The lowest BCUT2D eigenvalue weighted by molar-refractivity contribution is -0.115. The number of pyridine rings is 1. The van der Waals surface area contributed by atoms with E-state index in [0.717, 1.165) is 16.2 Å². The maximum absolute atomic E-state index is 12.3. The van der Waals surface area contributed by atoms with E-state index < -0.39 is 0 Å². The number of benzene rings is 1. The normalized spacial score (nSPS) is 11.9. The topological polar surface area (TPSA) is 54.9 Å². The van der Waals surface area contributed by atoms with Gasteiger partial charge in [-0.2, -0.15) is 0 Å². The first-order valence-electron chi connectivity index (χ1n) is 7.11. The Bertz CT molecular complexity index is 775. The molecule has 6 heteroatoms. The third kappa shape index (κ3) is 4.18. The van der Waals surface area contributed by atoms with Gasteiger partial charge < -0.3 is 5.32 Å². The molecule has 0 saturated carbocycles. The number of thiazole rings is 1. The number of nitrogens with one attached hydrogen (secondary N) is 1. The van der Waals surface area contributed by atoms with Crippen molar-refractivity contribution in [3.63, 3.8) is 0 Å². The van der Waals surface area contributed by atoms with Crippen LogP contribution in [0.2, 0.25) is 0 Å². The summed E-state index contributed by atoms with van der Waals surface area (Å²) in [5.74, 6) is -0.0501. The molecule has 0 saturated heterocycles. The molecule has 23 heavy (non-hydrogen) atoms. The van der Waals surface area contributed by atoms with Crippen molar-refractivity contribution >= 4 is 34.1 Å². The maximum Gasteiger partial charge on any atom is 0.239 e. The summed E-state index contributed by atoms with van der Waals surface area (Å²) in [7, 11) is 0. The summed E-state index contributed by atoms with van der Waals surface area (Å²) in [6, 6.07) is 13.7. The van der Waals surface area contributed by atoms with Crippen LogP contribution in [0.4, 0.5) is 5.13 Å². The molecule has 0 aliphatic rings. The number of rotatable bonds is 5. The van der Waals surface area contributed by atoms with Crippen LogP contribution in [0.25, 0.3) is 11.3 Å². The Kier molecular flexibility index (Phi) is 5.05. The highest BCUT2D eigenvalue weighted by Crippen LogP contribution is 2.26. The maximum atomic E-state index is 12.3. The van der Waals surface area contributed by atoms with Gasteiger partial charge in [-0.05, 0) is 31.2 Å². The number of thioether (sulfide) groups is 1. The first-order chi connectivity index (χ1) is 11.2. The molecule has 1 unspecified atom stereocenters. The van der Waals surface area contributed by atoms with E-state index in [1.165, 1.54) is 23.1 Å². The number of carbonyl (C=O) groups excluding carboxylic acids is 1. The summed E-state index contributed by atoms with van der Waals surface area (Å²) < 4.78 is 0. The van der Waals surface area contributed by atoms with Crippen LogP contribution >= 0.6 is 23.1 Å². The number of hydrogen-bond acceptors (Lipinski definition) is 5. The molecule has 0 aliphatic heterocycles. The van der Waals surface area contributed by atoms with E-state index in [2.05, 4.69) is 15.3 Å². The highest BCUT2D eigenvalue weighted by molar-refractivity contribution is 8.00. The van der Waals surface area contributed by atoms with Crippen LogP contribution in [-0.4, -0.2) is 21.1 Å². The van der Waals surface area contributed by atoms with Crippen LogP contribution in [0.15, 0.2) is 65.1 Å². The summed E-state index contributed by atoms with van der Waals surface area (Å²) in [6.07, 6.45) is 3.48. The van der Waals surface area contributed by atoms with E-state index in [1.54, 1.807) is 12.4 Å². The molecular weight excluding hydrogens is 326 g/mol. The molecule has 0 fully saturated rings. The summed E-state index contributed by atoms with van der Waals surface area (Å²) in [4.78, 5) is 21.9. The Labute approximate surface area is 143 Å². The van der Waals surface area contributed by atoms with E-state index in [-0.39, 0.29) is 11.2 Å². The second-order valence-electron chi connectivity index (χ2n) is 4.84. The third-order valence-electron chi connectivity index (χ3n) is 3.12. The summed E-state index contributed by atoms with van der Waals surface area (Å²) in [6.45, 7) is 1.89. The minimum atomic E-state index is -0.192. The molecule has 2 aromatic heterocycles. The molecule has 116 valence electrons. The summed E-state index contributed by atoms with van der Waals surface area (Å²) >= 11 is 2.95. The average Bonchev–Trinajstić information content (AvgIpc) is 3.05. The predicted molar refractivity (Wildman–Crippen MR) is 95.7 cm³/mol. The van der Waals surface area contributed by atoms with Crippen molar-refractivity contribution in [3.8, 4) is 11.3 Å². The number of anilines is 1. The zero-order valence-electron chi connectivity index (χ0n) is 12.5. The number of aromatic nitrogens is 2. The summed E-state index contributed by atoms with van der Waals surface area (Å²) in [5.41, 5.74) is 1.76. The molecule has 0 radical (unpaired) electrons. The highest BCUT2D eigenvalue weighted by atomic mass is 32.2. The molecule has 1 N–H and O–H groups in total. The highest BCUT2D eigenvalue weighted by Gasteiger charge is 2.16. The fraction of sp³-hybridized carbons (Fsp3) is 0.118. The van der Waals surface area contributed by atoms with Crippen molar-refractivity contribution in [2.24, 2.45) is 0 Å². The molecule has 0 bridgehead atoms. The molecule has 1 amide bonds. The Morgan fingerprint density at radius 3 is 2.78 bits per heavy atom. The molecule has 4 nitrogen and oxygen atoms in total. The van der Waals surface area contributed by atoms with E-state index >= 15 is 0 Å². The molecule has 1 aromatic carbocycles. The van der Waals surface area contributed by atoms with E-state index in [0.29, 0.717) is 5.13 Å². The van der Waals surface area contributed by atoms with Gasteiger partial charge in [0.15, 0.2) is 5.13 Å². The SMILES string of the molecule is CC(Sc1ccccc1)C(=O)Nc1nc(-c2cccnc2)cs1. The van der Waals surface area contributed by atoms with Gasteiger partial charge in [-0.1, -0.05) is 18.2 Å². The van der Waals surface area contributed by atoms with Crippen LogP contribution < -0.4 is 5.32 Å². The summed E-state index contributed by atoms with van der Waals surface area (Å²) in [5, 5.41) is 5.21. The van der Waals surface area contributed by atoms with Gasteiger partial charge in [0.05, 0.1) is 10.9 Å². The first kappa shape index (κ1) is 15.7. The quantitative estimate of drug-likeness (QED) is 0.702. The van der Waals surface area contributed by atoms with Crippen molar-refractivity contribution in [2.45, 2.75) is 17.1 Å². The van der Waals surface area contributed by atoms with Crippen LogP contribution in [0.1, 0.15) is 6.92 Å². The van der Waals surface area contributed by atoms with Gasteiger partial charge in [-0.15, -0.1) is 23.1 Å².